The minimum absolute atomic E-state index is 0.000184. The van der Waals surface area contributed by atoms with E-state index in [1.807, 2.05) is 0 Å². The number of aliphatic imine (C=N–C) groups is 1. The van der Waals surface area contributed by atoms with E-state index in [1.54, 1.807) is 11.8 Å². The standard InChI is InChI=1S/C8H12N3OS2/c1-2-13-8-11-10-7(14-8)9-6(12)5-3-4-5/h5,8,11H,2-4H2,1H3. The molecule has 0 aromatic rings. The molecule has 0 aromatic heterocycles. The number of rotatable bonds is 3. The van der Waals surface area contributed by atoms with Crippen molar-refractivity contribution in [3.05, 3.63) is 0 Å². The van der Waals surface area contributed by atoms with Crippen molar-refractivity contribution < 1.29 is 4.79 Å². The number of amides is 1. The molecule has 2 rings (SSSR count). The molecule has 1 heterocycles. The molecule has 1 saturated heterocycles. The molecule has 77 valence electrons. The highest BCUT2D eigenvalue weighted by molar-refractivity contribution is 8.25. The zero-order chi connectivity index (χ0) is 9.97. The molecular formula is C8H12N3OS2. The molecule has 2 fully saturated rings. The first-order valence-corrected chi connectivity index (χ1v) is 6.59. The number of thioether (sulfide) groups is 2. The third kappa shape index (κ3) is 2.65. The number of nitrogens with zero attached hydrogens (tertiary/aromatic N) is 2. The zero-order valence-corrected chi connectivity index (χ0v) is 9.53. The fourth-order valence-electron chi connectivity index (χ4n) is 1.05. The summed E-state index contributed by atoms with van der Waals surface area (Å²) < 4.78 is 0.228. The maximum atomic E-state index is 11.3. The summed E-state index contributed by atoms with van der Waals surface area (Å²) in [7, 11) is 0. The van der Waals surface area contributed by atoms with Gasteiger partial charge in [0.15, 0.2) is 0 Å². The summed E-state index contributed by atoms with van der Waals surface area (Å²) >= 11 is 3.28. The Labute approximate surface area is 91.7 Å². The minimum Gasteiger partial charge on any atom is -0.272 e. The molecule has 2 aliphatic rings. The Morgan fingerprint density at radius 1 is 1.79 bits per heavy atom. The molecular weight excluding hydrogens is 218 g/mol. The molecule has 1 aliphatic carbocycles. The lowest BCUT2D eigenvalue weighted by Gasteiger charge is -2.01. The highest BCUT2D eigenvalue weighted by Crippen LogP contribution is 2.31. The van der Waals surface area contributed by atoms with Gasteiger partial charge < -0.3 is 0 Å². The van der Waals surface area contributed by atoms with Gasteiger partial charge in [-0.1, -0.05) is 18.7 Å². The Bertz CT molecular complexity index is 265. The zero-order valence-electron chi connectivity index (χ0n) is 7.90. The molecule has 1 aliphatic heterocycles. The lowest BCUT2D eigenvalue weighted by atomic mass is 10.4. The quantitative estimate of drug-likeness (QED) is 0.791. The Morgan fingerprint density at radius 2 is 2.57 bits per heavy atom. The summed E-state index contributed by atoms with van der Waals surface area (Å²) in [6, 6.07) is 0. The summed E-state index contributed by atoms with van der Waals surface area (Å²) in [5.41, 5.74) is 6.95. The number of carbonyl (C=O) groups excluding carboxylic acids is 1. The highest BCUT2D eigenvalue weighted by atomic mass is 32.2. The molecule has 4 nitrogen and oxygen atoms in total. The summed E-state index contributed by atoms with van der Waals surface area (Å²) in [6.45, 7) is 2.09. The van der Waals surface area contributed by atoms with Crippen LogP contribution in [0.5, 0.6) is 0 Å². The Hall–Kier alpha value is -0.200. The van der Waals surface area contributed by atoms with E-state index in [9.17, 15) is 4.79 Å². The van der Waals surface area contributed by atoms with E-state index in [0.717, 1.165) is 18.6 Å². The summed E-state index contributed by atoms with van der Waals surface area (Å²) in [5, 5.41) is 0.591. The van der Waals surface area contributed by atoms with Crippen LogP contribution in [0.2, 0.25) is 0 Å². The number of carbonyl (C=O) groups is 1. The average molecular weight is 230 g/mol. The molecule has 0 bridgehead atoms. The van der Waals surface area contributed by atoms with Crippen LogP contribution in [0.25, 0.3) is 0 Å². The van der Waals surface area contributed by atoms with E-state index in [0.29, 0.717) is 5.17 Å². The number of amidine groups is 1. The first-order chi connectivity index (χ1) is 6.79. The first kappa shape index (κ1) is 10.3. The van der Waals surface area contributed by atoms with E-state index >= 15 is 0 Å². The predicted octanol–water partition coefficient (Wildman–Crippen LogP) is 1.17. The second-order valence-corrected chi connectivity index (χ2v) is 5.91. The van der Waals surface area contributed by atoms with E-state index in [2.05, 4.69) is 22.8 Å². The van der Waals surface area contributed by atoms with Crippen LogP contribution in [0.3, 0.4) is 0 Å². The summed E-state index contributed by atoms with van der Waals surface area (Å²) in [6.07, 6.45) is 2.00. The third-order valence-electron chi connectivity index (χ3n) is 1.93. The lowest BCUT2D eigenvalue weighted by molar-refractivity contribution is -0.118. The molecule has 6 heteroatoms. The van der Waals surface area contributed by atoms with E-state index in [1.165, 1.54) is 11.8 Å². The summed E-state index contributed by atoms with van der Waals surface area (Å²) in [5.74, 6) is 1.22. The monoisotopic (exact) mass is 230 g/mol. The number of hydrogen-bond donors (Lipinski definition) is 1. The molecule has 0 aromatic carbocycles. The highest BCUT2D eigenvalue weighted by Gasteiger charge is 2.31. The van der Waals surface area contributed by atoms with Gasteiger partial charge in [0.1, 0.15) is 4.71 Å². The van der Waals surface area contributed by atoms with Crippen LogP contribution >= 0.6 is 23.5 Å². The van der Waals surface area contributed by atoms with Crippen molar-refractivity contribution in [2.75, 3.05) is 5.75 Å². The van der Waals surface area contributed by atoms with E-state index in [-0.39, 0.29) is 16.5 Å². The van der Waals surface area contributed by atoms with Crippen LogP contribution in [0, 0.1) is 5.92 Å². The smallest absolute Gasteiger partial charge is 0.251 e. The molecule has 1 unspecified atom stereocenters. The maximum absolute atomic E-state index is 11.3. The average Bonchev–Trinajstić information content (AvgIpc) is 2.92. The first-order valence-electron chi connectivity index (χ1n) is 4.66. The van der Waals surface area contributed by atoms with Gasteiger partial charge in [-0.25, -0.2) is 0 Å². The van der Waals surface area contributed by atoms with Gasteiger partial charge >= 0.3 is 0 Å². The Balaban J connectivity index is 1.84. The van der Waals surface area contributed by atoms with Crippen molar-refractivity contribution >= 4 is 34.6 Å². The van der Waals surface area contributed by atoms with Crippen molar-refractivity contribution in [2.24, 2.45) is 10.9 Å². The normalized spacial score (nSPS) is 29.2. The van der Waals surface area contributed by atoms with Crippen LogP contribution < -0.4 is 10.9 Å². The van der Waals surface area contributed by atoms with Crippen molar-refractivity contribution in [1.82, 2.24) is 10.9 Å². The van der Waals surface area contributed by atoms with E-state index < -0.39 is 0 Å². The minimum atomic E-state index is 0.000184. The largest absolute Gasteiger partial charge is 0.272 e. The topological polar surface area (TPSA) is 55.6 Å². The van der Waals surface area contributed by atoms with Gasteiger partial charge in [0.05, 0.1) is 0 Å². The molecule has 1 N–H and O–H groups in total. The fraction of sp³-hybridized carbons (Fsp3) is 0.750. The molecule has 1 radical (unpaired) electrons. The van der Waals surface area contributed by atoms with Crippen molar-refractivity contribution in [3.8, 4) is 0 Å². The predicted molar refractivity (Wildman–Crippen MR) is 59.9 cm³/mol. The third-order valence-corrected chi connectivity index (χ3v) is 4.08. The van der Waals surface area contributed by atoms with E-state index in [4.69, 9.17) is 0 Å². The Morgan fingerprint density at radius 3 is 3.21 bits per heavy atom. The van der Waals surface area contributed by atoms with Crippen LogP contribution in [0.15, 0.2) is 4.99 Å². The molecule has 0 spiro atoms. The molecule has 14 heavy (non-hydrogen) atoms. The van der Waals surface area contributed by atoms with Crippen molar-refractivity contribution in [3.63, 3.8) is 0 Å². The van der Waals surface area contributed by atoms with Gasteiger partial charge in [-0.2, -0.15) is 15.8 Å². The van der Waals surface area contributed by atoms with Gasteiger partial charge in [0, 0.05) is 5.92 Å². The fourth-order valence-corrected chi connectivity index (χ4v) is 2.96. The summed E-state index contributed by atoms with van der Waals surface area (Å²) in [4.78, 5) is 15.3. The van der Waals surface area contributed by atoms with Crippen molar-refractivity contribution in [2.45, 2.75) is 24.5 Å². The van der Waals surface area contributed by atoms with Crippen LogP contribution in [-0.4, -0.2) is 21.5 Å². The Kier molecular flexibility index (Phi) is 3.35. The lowest BCUT2D eigenvalue weighted by Crippen LogP contribution is -2.23. The van der Waals surface area contributed by atoms with Crippen LogP contribution in [-0.2, 0) is 4.79 Å². The van der Waals surface area contributed by atoms with Crippen LogP contribution in [0.4, 0.5) is 0 Å². The van der Waals surface area contributed by atoms with Crippen LogP contribution in [0.1, 0.15) is 19.8 Å². The van der Waals surface area contributed by atoms with Gasteiger partial charge in [-0.05, 0) is 18.6 Å². The SMILES string of the molecule is CCSC1N[N]C(=NC(=O)C2CC2)S1. The number of nitrogens with one attached hydrogen (secondary N) is 1. The number of hydrogen-bond acceptors (Lipinski definition) is 4. The second kappa shape index (κ2) is 4.55. The molecule has 1 saturated carbocycles. The van der Waals surface area contributed by atoms with Gasteiger partial charge in [-0.3, -0.25) is 4.79 Å². The van der Waals surface area contributed by atoms with Gasteiger partial charge in [0.2, 0.25) is 5.17 Å². The van der Waals surface area contributed by atoms with Crippen molar-refractivity contribution in [1.29, 1.82) is 0 Å². The molecule has 1 amide bonds. The van der Waals surface area contributed by atoms with Gasteiger partial charge in [-0.15, -0.1) is 11.8 Å². The molecule has 1 atom stereocenters. The second-order valence-electron chi connectivity index (χ2n) is 3.15. The maximum Gasteiger partial charge on any atom is 0.251 e. The van der Waals surface area contributed by atoms with Gasteiger partial charge in [0.25, 0.3) is 5.91 Å².